The summed E-state index contributed by atoms with van der Waals surface area (Å²) in [5, 5.41) is 20.2. The summed E-state index contributed by atoms with van der Waals surface area (Å²) in [6.07, 6.45) is 2.99. The third-order valence-electron chi connectivity index (χ3n) is 2.22. The van der Waals surface area contributed by atoms with E-state index in [1.165, 1.54) is 30.6 Å². The lowest BCUT2D eigenvalue weighted by molar-refractivity contribution is 0.0697. The Labute approximate surface area is 116 Å². The van der Waals surface area contributed by atoms with Gasteiger partial charge in [0.2, 0.25) is 0 Å². The second kappa shape index (κ2) is 5.53. The second-order valence-electron chi connectivity index (χ2n) is 3.57. The molecule has 4 N–H and O–H groups in total. The first-order chi connectivity index (χ1) is 9.06. The van der Waals surface area contributed by atoms with E-state index in [0.717, 1.165) is 0 Å². The molecule has 0 bridgehead atoms. The van der Waals surface area contributed by atoms with Gasteiger partial charge in [-0.2, -0.15) is 5.10 Å². The number of halogens is 1. The molecule has 0 saturated carbocycles. The Kier molecular flexibility index (Phi) is 3.81. The number of aromatic nitrogens is 2. The molecule has 0 aliphatic heterocycles. The first-order valence-electron chi connectivity index (χ1n) is 5.16. The Morgan fingerprint density at radius 3 is 2.68 bits per heavy atom. The zero-order valence-corrected chi connectivity index (χ0v) is 11.1. The van der Waals surface area contributed by atoms with E-state index in [2.05, 4.69) is 36.8 Å². The monoisotopic (exact) mass is 324 g/mol. The Morgan fingerprint density at radius 1 is 1.32 bits per heavy atom. The van der Waals surface area contributed by atoms with Crippen LogP contribution in [0.2, 0.25) is 0 Å². The average molecular weight is 325 g/mol. The van der Waals surface area contributed by atoms with Crippen LogP contribution in [0.15, 0.2) is 35.1 Å². The van der Waals surface area contributed by atoms with Crippen molar-refractivity contribution in [2.45, 2.75) is 0 Å². The summed E-state index contributed by atoms with van der Waals surface area (Å²) in [5.41, 5.74) is 1.12. The van der Waals surface area contributed by atoms with Gasteiger partial charge in [0.15, 0.2) is 0 Å². The first-order valence-corrected chi connectivity index (χ1v) is 5.95. The topological polar surface area (TPSA) is 107 Å². The summed E-state index contributed by atoms with van der Waals surface area (Å²) in [6, 6.07) is 3.86. The number of amides is 2. The van der Waals surface area contributed by atoms with Crippen LogP contribution in [0.5, 0.6) is 0 Å². The van der Waals surface area contributed by atoms with Crippen LogP contribution in [0.3, 0.4) is 0 Å². The number of nitrogens with zero attached hydrogens (tertiary/aromatic N) is 1. The van der Waals surface area contributed by atoms with Gasteiger partial charge in [0.1, 0.15) is 0 Å². The number of nitrogens with one attached hydrogen (secondary N) is 3. The lowest BCUT2D eigenvalue weighted by Crippen LogP contribution is -2.19. The molecule has 1 aromatic carbocycles. The Morgan fingerprint density at radius 2 is 2.11 bits per heavy atom. The van der Waals surface area contributed by atoms with Crippen molar-refractivity contribution in [1.29, 1.82) is 0 Å². The summed E-state index contributed by atoms with van der Waals surface area (Å²) in [4.78, 5) is 22.4. The minimum Gasteiger partial charge on any atom is -0.478 e. The number of hydrogen-bond acceptors (Lipinski definition) is 3. The minimum atomic E-state index is -1.03. The van der Waals surface area contributed by atoms with Crippen LogP contribution in [0.25, 0.3) is 0 Å². The van der Waals surface area contributed by atoms with E-state index in [4.69, 9.17) is 5.11 Å². The molecule has 8 heteroatoms. The van der Waals surface area contributed by atoms with Gasteiger partial charge in [0.05, 0.1) is 23.1 Å². The fourth-order valence-electron chi connectivity index (χ4n) is 1.35. The van der Waals surface area contributed by atoms with Gasteiger partial charge >= 0.3 is 12.0 Å². The molecule has 1 aromatic heterocycles. The number of aromatic carboxylic acids is 1. The Bertz CT molecular complexity index is 612. The van der Waals surface area contributed by atoms with Gasteiger partial charge in [-0.05, 0) is 34.1 Å². The van der Waals surface area contributed by atoms with Crippen LogP contribution in [0.4, 0.5) is 16.2 Å². The number of aromatic amines is 1. The fourth-order valence-corrected chi connectivity index (χ4v) is 1.83. The van der Waals surface area contributed by atoms with Crippen molar-refractivity contribution in [3.05, 3.63) is 40.6 Å². The molecular formula is C11H9BrN4O3. The SMILES string of the molecule is O=C(Nc1cn[nH]c1)Nc1ccc(C(=O)O)cc1Br. The third-order valence-corrected chi connectivity index (χ3v) is 2.88. The standard InChI is InChI=1S/C11H9BrN4O3/c12-8-3-6(10(17)18)1-2-9(8)16-11(19)15-7-4-13-14-5-7/h1-5H,(H,13,14)(H,17,18)(H2,15,16,19). The maximum atomic E-state index is 11.6. The van der Waals surface area contributed by atoms with Gasteiger partial charge in [-0.1, -0.05) is 0 Å². The molecular weight excluding hydrogens is 316 g/mol. The molecule has 0 fully saturated rings. The quantitative estimate of drug-likeness (QED) is 0.695. The Balaban J connectivity index is 2.07. The predicted molar refractivity (Wildman–Crippen MR) is 72.3 cm³/mol. The highest BCUT2D eigenvalue weighted by Gasteiger charge is 2.09. The number of rotatable bonds is 3. The molecule has 0 unspecified atom stereocenters. The molecule has 19 heavy (non-hydrogen) atoms. The number of carboxylic acid groups (broad SMARTS) is 1. The second-order valence-corrected chi connectivity index (χ2v) is 4.42. The summed E-state index contributed by atoms with van der Waals surface area (Å²) < 4.78 is 0.481. The predicted octanol–water partition coefficient (Wildman–Crippen LogP) is 2.51. The molecule has 0 aliphatic rings. The van der Waals surface area contributed by atoms with Crippen LogP contribution >= 0.6 is 15.9 Å². The molecule has 1 heterocycles. The van der Waals surface area contributed by atoms with Crippen molar-refractivity contribution in [2.24, 2.45) is 0 Å². The van der Waals surface area contributed by atoms with E-state index in [1.807, 2.05) is 0 Å². The molecule has 0 radical (unpaired) electrons. The van der Waals surface area contributed by atoms with Gasteiger partial charge in [0, 0.05) is 10.7 Å². The van der Waals surface area contributed by atoms with Gasteiger partial charge in [0.25, 0.3) is 0 Å². The van der Waals surface area contributed by atoms with Crippen molar-refractivity contribution in [2.75, 3.05) is 10.6 Å². The third kappa shape index (κ3) is 3.32. The number of hydrogen-bond donors (Lipinski definition) is 4. The molecule has 0 saturated heterocycles. The van der Waals surface area contributed by atoms with Crippen molar-refractivity contribution in [1.82, 2.24) is 10.2 Å². The van der Waals surface area contributed by atoms with E-state index in [-0.39, 0.29) is 5.56 Å². The average Bonchev–Trinajstić information content (AvgIpc) is 2.84. The van der Waals surface area contributed by atoms with Crippen molar-refractivity contribution < 1.29 is 14.7 Å². The van der Waals surface area contributed by atoms with Crippen molar-refractivity contribution in [3.63, 3.8) is 0 Å². The number of anilines is 2. The van der Waals surface area contributed by atoms with Gasteiger partial charge in [-0.15, -0.1) is 0 Å². The van der Waals surface area contributed by atoms with E-state index in [0.29, 0.717) is 15.8 Å². The number of carbonyl (C=O) groups excluding carboxylic acids is 1. The summed E-state index contributed by atoms with van der Waals surface area (Å²) in [6.45, 7) is 0. The smallest absolute Gasteiger partial charge is 0.335 e. The normalized spacial score (nSPS) is 9.95. The summed E-state index contributed by atoms with van der Waals surface area (Å²) in [5.74, 6) is -1.03. The van der Waals surface area contributed by atoms with Crippen molar-refractivity contribution >= 4 is 39.3 Å². The molecule has 7 nitrogen and oxygen atoms in total. The van der Waals surface area contributed by atoms with E-state index in [9.17, 15) is 9.59 Å². The van der Waals surface area contributed by atoms with Crippen molar-refractivity contribution in [3.8, 4) is 0 Å². The molecule has 2 aromatic rings. The number of H-pyrrole nitrogens is 1. The largest absolute Gasteiger partial charge is 0.478 e. The molecule has 98 valence electrons. The van der Waals surface area contributed by atoms with Gasteiger partial charge in [-0.25, -0.2) is 9.59 Å². The number of benzene rings is 1. The lowest BCUT2D eigenvalue weighted by atomic mass is 10.2. The highest BCUT2D eigenvalue weighted by atomic mass is 79.9. The maximum Gasteiger partial charge on any atom is 0.335 e. The van der Waals surface area contributed by atoms with Crippen LogP contribution in [-0.2, 0) is 0 Å². The number of carboxylic acids is 1. The van der Waals surface area contributed by atoms with Crippen LogP contribution in [-0.4, -0.2) is 27.3 Å². The molecule has 2 rings (SSSR count). The molecule has 2 amide bonds. The Hall–Kier alpha value is -2.35. The number of carbonyl (C=O) groups is 2. The van der Waals surface area contributed by atoms with Crippen LogP contribution in [0.1, 0.15) is 10.4 Å². The highest BCUT2D eigenvalue weighted by Crippen LogP contribution is 2.23. The summed E-state index contributed by atoms with van der Waals surface area (Å²) >= 11 is 3.20. The van der Waals surface area contributed by atoms with E-state index in [1.54, 1.807) is 0 Å². The zero-order chi connectivity index (χ0) is 13.8. The zero-order valence-electron chi connectivity index (χ0n) is 9.48. The highest BCUT2D eigenvalue weighted by molar-refractivity contribution is 9.10. The minimum absolute atomic E-state index is 0.132. The molecule has 0 atom stereocenters. The first kappa shape index (κ1) is 13.1. The number of urea groups is 1. The fraction of sp³-hybridized carbons (Fsp3) is 0. The summed E-state index contributed by atoms with van der Waals surface area (Å²) in [7, 11) is 0. The van der Waals surface area contributed by atoms with E-state index >= 15 is 0 Å². The van der Waals surface area contributed by atoms with E-state index < -0.39 is 12.0 Å². The van der Waals surface area contributed by atoms with Gasteiger partial charge < -0.3 is 15.7 Å². The van der Waals surface area contributed by atoms with Crippen LogP contribution < -0.4 is 10.6 Å². The lowest BCUT2D eigenvalue weighted by Gasteiger charge is -2.08. The maximum absolute atomic E-state index is 11.6. The molecule has 0 aliphatic carbocycles. The molecule has 0 spiro atoms. The van der Waals surface area contributed by atoms with Crippen LogP contribution in [0, 0.1) is 0 Å². The van der Waals surface area contributed by atoms with Gasteiger partial charge in [-0.3, -0.25) is 5.10 Å².